The van der Waals surface area contributed by atoms with Crippen molar-refractivity contribution in [2.45, 2.75) is 38.6 Å². The molecule has 0 aromatic carbocycles. The quantitative estimate of drug-likeness (QED) is 0.839. The molecule has 2 rings (SSSR count). The first-order chi connectivity index (χ1) is 8.59. The van der Waals surface area contributed by atoms with Gasteiger partial charge in [-0.2, -0.15) is 0 Å². The van der Waals surface area contributed by atoms with Gasteiger partial charge in [0, 0.05) is 12.6 Å². The molecular weight excluding hydrogens is 230 g/mol. The number of carbonyl (C=O) groups is 1. The number of aromatic nitrogens is 1. The topological polar surface area (TPSA) is 79.5 Å². The summed E-state index contributed by atoms with van der Waals surface area (Å²) in [5, 5.41) is 9.27. The van der Waals surface area contributed by atoms with E-state index in [1.165, 1.54) is 18.9 Å². The Balaban J connectivity index is 2.39. The molecule has 1 aliphatic rings. The number of hydrogen-bond donors (Lipinski definition) is 2. The summed E-state index contributed by atoms with van der Waals surface area (Å²) in [4.78, 5) is 17.5. The Labute approximate surface area is 107 Å². The summed E-state index contributed by atoms with van der Waals surface area (Å²) < 4.78 is 0. The van der Waals surface area contributed by atoms with Crippen molar-refractivity contribution < 1.29 is 9.90 Å². The molecule has 2 heterocycles. The highest BCUT2D eigenvalue weighted by atomic mass is 16.4. The molecule has 1 aliphatic heterocycles. The van der Waals surface area contributed by atoms with Gasteiger partial charge in [0.05, 0.1) is 17.4 Å². The van der Waals surface area contributed by atoms with Gasteiger partial charge < -0.3 is 15.7 Å². The highest BCUT2D eigenvalue weighted by molar-refractivity contribution is 5.95. The second kappa shape index (κ2) is 5.25. The number of hydrogen-bond acceptors (Lipinski definition) is 4. The molecule has 1 aromatic heterocycles. The van der Waals surface area contributed by atoms with E-state index in [1.54, 1.807) is 6.20 Å². The molecule has 18 heavy (non-hydrogen) atoms. The van der Waals surface area contributed by atoms with E-state index in [2.05, 4.69) is 16.8 Å². The minimum absolute atomic E-state index is 0.247. The van der Waals surface area contributed by atoms with Crippen LogP contribution in [0.1, 0.15) is 43.0 Å². The lowest BCUT2D eigenvalue weighted by atomic mass is 10.1. The maximum absolute atomic E-state index is 11.3. The number of anilines is 2. The second-order valence-electron chi connectivity index (χ2n) is 4.82. The number of nitrogens with zero attached hydrogens (tertiary/aromatic N) is 2. The summed E-state index contributed by atoms with van der Waals surface area (Å²) in [7, 11) is 0. The maximum Gasteiger partial charge on any atom is 0.338 e. The lowest BCUT2D eigenvalue weighted by Gasteiger charge is -2.30. The summed E-state index contributed by atoms with van der Waals surface area (Å²) in [5.41, 5.74) is 6.50. The Morgan fingerprint density at radius 1 is 1.50 bits per heavy atom. The van der Waals surface area contributed by atoms with Crippen LogP contribution in [0.15, 0.2) is 12.3 Å². The van der Waals surface area contributed by atoms with Crippen molar-refractivity contribution in [3.05, 3.63) is 17.8 Å². The van der Waals surface area contributed by atoms with Gasteiger partial charge in [-0.05, 0) is 25.8 Å². The van der Waals surface area contributed by atoms with Crippen LogP contribution in [0, 0.1) is 0 Å². The third kappa shape index (κ3) is 2.55. The van der Waals surface area contributed by atoms with E-state index in [4.69, 9.17) is 5.73 Å². The fourth-order valence-electron chi connectivity index (χ4n) is 2.50. The van der Waals surface area contributed by atoms with E-state index < -0.39 is 5.97 Å². The lowest BCUT2D eigenvalue weighted by Crippen LogP contribution is -2.33. The van der Waals surface area contributed by atoms with Crippen molar-refractivity contribution in [3.63, 3.8) is 0 Å². The number of aromatic carboxylic acids is 1. The van der Waals surface area contributed by atoms with E-state index in [1.807, 2.05) is 0 Å². The van der Waals surface area contributed by atoms with Gasteiger partial charge in [0.15, 0.2) is 0 Å². The highest BCUT2D eigenvalue weighted by Crippen LogP contribution is 2.27. The predicted octanol–water partition coefficient (Wildman–Crippen LogP) is 2.13. The van der Waals surface area contributed by atoms with Crippen LogP contribution in [-0.2, 0) is 0 Å². The first-order valence-corrected chi connectivity index (χ1v) is 6.35. The molecule has 1 fully saturated rings. The number of nitrogen functional groups attached to an aromatic ring is 1. The summed E-state index contributed by atoms with van der Waals surface area (Å²) >= 11 is 0. The van der Waals surface area contributed by atoms with Gasteiger partial charge in [-0.3, -0.25) is 0 Å². The van der Waals surface area contributed by atoms with Gasteiger partial charge in [0.25, 0.3) is 0 Å². The molecule has 1 unspecified atom stereocenters. The molecule has 5 heteroatoms. The van der Waals surface area contributed by atoms with Gasteiger partial charge in [-0.1, -0.05) is 12.8 Å². The monoisotopic (exact) mass is 249 g/mol. The Hall–Kier alpha value is -1.78. The average Bonchev–Trinajstić information content (AvgIpc) is 2.54. The normalized spacial score (nSPS) is 20.5. The van der Waals surface area contributed by atoms with Crippen LogP contribution < -0.4 is 10.6 Å². The fourth-order valence-corrected chi connectivity index (χ4v) is 2.50. The fraction of sp³-hybridized carbons (Fsp3) is 0.538. The molecule has 1 aromatic rings. The Morgan fingerprint density at radius 2 is 2.28 bits per heavy atom. The zero-order chi connectivity index (χ0) is 13.1. The molecule has 1 saturated heterocycles. The number of carboxylic acid groups (broad SMARTS) is 1. The van der Waals surface area contributed by atoms with Gasteiger partial charge in [0.2, 0.25) is 0 Å². The SMILES string of the molecule is CC1CCCCCN1c1cnc(N)cc1C(=O)O. The summed E-state index contributed by atoms with van der Waals surface area (Å²) in [6.07, 6.45) is 6.16. The summed E-state index contributed by atoms with van der Waals surface area (Å²) in [6, 6.07) is 1.78. The van der Waals surface area contributed by atoms with Crippen molar-refractivity contribution in [1.82, 2.24) is 4.98 Å². The molecule has 1 atom stereocenters. The summed E-state index contributed by atoms with van der Waals surface area (Å²) in [6.45, 7) is 3.01. The molecule has 98 valence electrons. The van der Waals surface area contributed by atoms with Gasteiger partial charge in [-0.25, -0.2) is 9.78 Å². The summed E-state index contributed by atoms with van der Waals surface area (Å²) in [5.74, 6) is -0.700. The van der Waals surface area contributed by atoms with Crippen LogP contribution in [-0.4, -0.2) is 28.6 Å². The molecule has 0 aliphatic carbocycles. The van der Waals surface area contributed by atoms with Crippen molar-refractivity contribution >= 4 is 17.5 Å². The number of pyridine rings is 1. The Bertz CT molecular complexity index is 448. The zero-order valence-corrected chi connectivity index (χ0v) is 10.6. The number of rotatable bonds is 2. The van der Waals surface area contributed by atoms with E-state index in [0.29, 0.717) is 11.7 Å². The molecule has 5 nitrogen and oxygen atoms in total. The molecule has 0 amide bonds. The van der Waals surface area contributed by atoms with Crippen LogP contribution >= 0.6 is 0 Å². The second-order valence-corrected chi connectivity index (χ2v) is 4.82. The van der Waals surface area contributed by atoms with Crippen molar-refractivity contribution in [1.29, 1.82) is 0 Å². The first-order valence-electron chi connectivity index (χ1n) is 6.35. The Kier molecular flexibility index (Phi) is 3.69. The van der Waals surface area contributed by atoms with Crippen molar-refractivity contribution in [2.75, 3.05) is 17.2 Å². The predicted molar refractivity (Wildman–Crippen MR) is 70.9 cm³/mol. The van der Waals surface area contributed by atoms with E-state index in [9.17, 15) is 9.90 Å². The van der Waals surface area contributed by atoms with E-state index >= 15 is 0 Å². The van der Waals surface area contributed by atoms with Crippen molar-refractivity contribution in [3.8, 4) is 0 Å². The van der Waals surface area contributed by atoms with Crippen LogP contribution in [0.2, 0.25) is 0 Å². The van der Waals surface area contributed by atoms with E-state index in [-0.39, 0.29) is 11.4 Å². The first kappa shape index (κ1) is 12.7. The number of carboxylic acids is 1. The van der Waals surface area contributed by atoms with Crippen LogP contribution in [0.4, 0.5) is 11.5 Å². The molecule has 0 spiro atoms. The Morgan fingerprint density at radius 3 is 3.00 bits per heavy atom. The third-order valence-corrected chi connectivity index (χ3v) is 3.50. The third-order valence-electron chi connectivity index (χ3n) is 3.50. The minimum atomic E-state index is -0.949. The molecule has 3 N–H and O–H groups in total. The largest absolute Gasteiger partial charge is 0.478 e. The zero-order valence-electron chi connectivity index (χ0n) is 10.6. The van der Waals surface area contributed by atoms with Crippen LogP contribution in [0.5, 0.6) is 0 Å². The lowest BCUT2D eigenvalue weighted by molar-refractivity contribution is 0.0697. The minimum Gasteiger partial charge on any atom is -0.478 e. The average molecular weight is 249 g/mol. The van der Waals surface area contributed by atoms with Crippen LogP contribution in [0.25, 0.3) is 0 Å². The number of nitrogens with two attached hydrogens (primary N) is 1. The maximum atomic E-state index is 11.3. The molecule has 0 saturated carbocycles. The van der Waals surface area contributed by atoms with Crippen LogP contribution in [0.3, 0.4) is 0 Å². The standard InChI is InChI=1S/C13H19N3O2/c1-9-5-3-2-4-6-16(9)11-8-15-12(14)7-10(11)13(17)18/h7-9H,2-6H2,1H3,(H2,14,15)(H,17,18). The van der Waals surface area contributed by atoms with Gasteiger partial charge in [-0.15, -0.1) is 0 Å². The molecule has 0 radical (unpaired) electrons. The van der Waals surface area contributed by atoms with Gasteiger partial charge >= 0.3 is 5.97 Å². The van der Waals surface area contributed by atoms with E-state index in [0.717, 1.165) is 19.4 Å². The molecular formula is C13H19N3O2. The van der Waals surface area contributed by atoms with Gasteiger partial charge in [0.1, 0.15) is 5.82 Å². The molecule has 0 bridgehead atoms. The van der Waals surface area contributed by atoms with Crippen molar-refractivity contribution in [2.24, 2.45) is 0 Å². The highest BCUT2D eigenvalue weighted by Gasteiger charge is 2.22. The smallest absolute Gasteiger partial charge is 0.338 e.